The monoisotopic (exact) mass is 131 g/mol. The van der Waals surface area contributed by atoms with Gasteiger partial charge in [0.15, 0.2) is 0 Å². The largest absolute Gasteiger partial charge is 0.364 e. The summed E-state index contributed by atoms with van der Waals surface area (Å²) in [4.78, 5) is 0. The number of ether oxygens (including phenoxy) is 1. The zero-order valence-electron chi connectivity index (χ0n) is 5.31. The van der Waals surface area contributed by atoms with Crippen LogP contribution in [0.3, 0.4) is 0 Å². The van der Waals surface area contributed by atoms with Gasteiger partial charge in [-0.15, -0.1) is 11.8 Å². The molecule has 0 aromatic carbocycles. The van der Waals surface area contributed by atoms with Crippen molar-refractivity contribution in [2.75, 3.05) is 6.61 Å². The van der Waals surface area contributed by atoms with E-state index in [1.807, 2.05) is 5.94 Å². The lowest BCUT2D eigenvalue weighted by Crippen LogP contribution is -2.21. The Morgan fingerprint density at radius 2 is 2.38 bits per heavy atom. The van der Waals surface area contributed by atoms with E-state index in [0.717, 1.165) is 13.0 Å². The van der Waals surface area contributed by atoms with Gasteiger partial charge in [0.2, 0.25) is 0 Å². The van der Waals surface area contributed by atoms with Crippen molar-refractivity contribution in [2.24, 2.45) is 0 Å². The quantitative estimate of drug-likeness (QED) is 0.497. The Balaban J connectivity index is 2.33. The van der Waals surface area contributed by atoms with Crippen molar-refractivity contribution < 1.29 is 4.74 Å². The minimum atomic E-state index is 0.415. The highest BCUT2D eigenvalue weighted by Gasteiger charge is 2.21. The topological polar surface area (TPSA) is 9.23 Å². The Morgan fingerprint density at radius 1 is 1.62 bits per heavy atom. The standard InChI is InChI=1S/C6H11OS/c1-6(2)3-4-7-5-8-6/h5H,3-4H2,1-2H3. The molecule has 2 heteroatoms. The van der Waals surface area contributed by atoms with Crippen LogP contribution in [0.4, 0.5) is 0 Å². The maximum absolute atomic E-state index is 5.04. The van der Waals surface area contributed by atoms with E-state index in [-0.39, 0.29) is 0 Å². The second-order valence-corrected chi connectivity index (χ2v) is 4.13. The van der Waals surface area contributed by atoms with Crippen molar-refractivity contribution in [3.63, 3.8) is 0 Å². The average molecular weight is 131 g/mol. The summed E-state index contributed by atoms with van der Waals surface area (Å²) < 4.78 is 5.46. The van der Waals surface area contributed by atoms with Gasteiger partial charge < -0.3 is 4.74 Å². The van der Waals surface area contributed by atoms with Gasteiger partial charge in [-0.1, -0.05) is 13.8 Å². The predicted octanol–water partition coefficient (Wildman–Crippen LogP) is 2.04. The number of thioether (sulfide) groups is 1. The molecule has 1 fully saturated rings. The third-order valence-electron chi connectivity index (χ3n) is 1.26. The van der Waals surface area contributed by atoms with Crippen LogP contribution in [0.25, 0.3) is 0 Å². The average Bonchev–Trinajstić information content (AvgIpc) is 1.65. The SMILES string of the molecule is CC1(C)CCO[CH]S1. The molecular weight excluding hydrogens is 120 g/mol. The van der Waals surface area contributed by atoms with Gasteiger partial charge in [0.1, 0.15) is 5.94 Å². The molecule has 0 bridgehead atoms. The van der Waals surface area contributed by atoms with E-state index in [9.17, 15) is 0 Å². The highest BCUT2D eigenvalue weighted by Crippen LogP contribution is 2.33. The predicted molar refractivity (Wildman–Crippen MR) is 36.5 cm³/mol. The van der Waals surface area contributed by atoms with Crippen molar-refractivity contribution in [3.8, 4) is 0 Å². The van der Waals surface area contributed by atoms with Crippen molar-refractivity contribution in [3.05, 3.63) is 5.94 Å². The molecule has 1 nitrogen and oxygen atoms in total. The zero-order chi connectivity index (χ0) is 6.04. The summed E-state index contributed by atoms with van der Waals surface area (Å²) in [6, 6.07) is 0. The van der Waals surface area contributed by atoms with Crippen LogP contribution in [-0.2, 0) is 4.74 Å². The first kappa shape index (κ1) is 6.43. The molecule has 0 aromatic heterocycles. The molecule has 0 saturated carbocycles. The van der Waals surface area contributed by atoms with Crippen LogP contribution in [0, 0.1) is 5.94 Å². The van der Waals surface area contributed by atoms with Crippen LogP contribution in [0.2, 0.25) is 0 Å². The lowest BCUT2D eigenvalue weighted by molar-refractivity contribution is 0.204. The summed E-state index contributed by atoms with van der Waals surface area (Å²) in [6.07, 6.45) is 1.16. The molecule has 0 aliphatic carbocycles. The Morgan fingerprint density at radius 3 is 2.62 bits per heavy atom. The second-order valence-electron chi connectivity index (χ2n) is 2.59. The van der Waals surface area contributed by atoms with Gasteiger partial charge in [-0.05, 0) is 6.42 Å². The molecule has 1 aliphatic rings. The molecule has 1 saturated heterocycles. The fourth-order valence-corrected chi connectivity index (χ4v) is 1.20. The van der Waals surface area contributed by atoms with Crippen molar-refractivity contribution >= 4 is 11.8 Å². The molecule has 47 valence electrons. The van der Waals surface area contributed by atoms with E-state index in [1.54, 1.807) is 11.8 Å². The van der Waals surface area contributed by atoms with E-state index >= 15 is 0 Å². The number of rotatable bonds is 0. The third kappa shape index (κ3) is 1.67. The normalized spacial score (nSPS) is 27.8. The lowest BCUT2D eigenvalue weighted by Gasteiger charge is -2.27. The van der Waals surface area contributed by atoms with E-state index in [2.05, 4.69) is 13.8 Å². The minimum Gasteiger partial charge on any atom is -0.364 e. The summed E-state index contributed by atoms with van der Waals surface area (Å²) in [7, 11) is 0. The summed E-state index contributed by atoms with van der Waals surface area (Å²) in [5.74, 6) is 1.84. The molecule has 0 spiro atoms. The van der Waals surface area contributed by atoms with Gasteiger partial charge in [0, 0.05) is 11.4 Å². The van der Waals surface area contributed by atoms with Gasteiger partial charge >= 0.3 is 0 Å². The lowest BCUT2D eigenvalue weighted by atomic mass is 10.1. The summed E-state index contributed by atoms with van der Waals surface area (Å²) >= 11 is 1.77. The van der Waals surface area contributed by atoms with Crippen LogP contribution in [0.1, 0.15) is 20.3 Å². The minimum absolute atomic E-state index is 0.415. The van der Waals surface area contributed by atoms with Gasteiger partial charge in [0.05, 0.1) is 0 Å². The van der Waals surface area contributed by atoms with Crippen LogP contribution >= 0.6 is 11.8 Å². The number of hydrogen-bond acceptors (Lipinski definition) is 2. The molecule has 0 atom stereocenters. The Bertz CT molecular complexity index is 72.6. The Kier molecular flexibility index (Phi) is 1.83. The smallest absolute Gasteiger partial charge is 0.139 e. The summed E-state index contributed by atoms with van der Waals surface area (Å²) in [5, 5.41) is 0. The fourth-order valence-electron chi connectivity index (χ4n) is 0.576. The van der Waals surface area contributed by atoms with Gasteiger partial charge in [-0.3, -0.25) is 0 Å². The van der Waals surface area contributed by atoms with E-state index in [4.69, 9.17) is 4.74 Å². The molecule has 0 N–H and O–H groups in total. The summed E-state index contributed by atoms with van der Waals surface area (Å²) in [5.41, 5.74) is 0. The van der Waals surface area contributed by atoms with Crippen LogP contribution in [0.15, 0.2) is 0 Å². The van der Waals surface area contributed by atoms with Gasteiger partial charge in [-0.2, -0.15) is 0 Å². The maximum atomic E-state index is 5.04. The van der Waals surface area contributed by atoms with Crippen molar-refractivity contribution in [2.45, 2.75) is 25.0 Å². The highest BCUT2D eigenvalue weighted by molar-refractivity contribution is 8.02. The van der Waals surface area contributed by atoms with Crippen LogP contribution < -0.4 is 0 Å². The summed E-state index contributed by atoms with van der Waals surface area (Å²) in [6.45, 7) is 5.35. The van der Waals surface area contributed by atoms with E-state index < -0.39 is 0 Å². The van der Waals surface area contributed by atoms with Crippen molar-refractivity contribution in [1.82, 2.24) is 0 Å². The second kappa shape index (κ2) is 2.28. The highest BCUT2D eigenvalue weighted by atomic mass is 32.2. The fraction of sp³-hybridized carbons (Fsp3) is 0.833. The number of hydrogen-bond donors (Lipinski definition) is 0. The van der Waals surface area contributed by atoms with Crippen LogP contribution in [-0.4, -0.2) is 11.4 Å². The molecule has 0 aromatic rings. The molecule has 0 amide bonds. The first-order valence-corrected chi connectivity index (χ1v) is 3.70. The first-order chi connectivity index (χ1) is 3.71. The molecule has 0 unspecified atom stereocenters. The maximum Gasteiger partial charge on any atom is 0.139 e. The first-order valence-electron chi connectivity index (χ1n) is 2.82. The third-order valence-corrected chi connectivity index (χ3v) is 2.33. The molecule has 1 radical (unpaired) electrons. The zero-order valence-corrected chi connectivity index (χ0v) is 6.12. The Hall–Kier alpha value is 0.310. The van der Waals surface area contributed by atoms with E-state index in [1.165, 1.54) is 0 Å². The molecule has 1 rings (SSSR count). The Labute approximate surface area is 54.8 Å². The van der Waals surface area contributed by atoms with Gasteiger partial charge in [-0.25, -0.2) is 0 Å². The molecule has 1 heterocycles. The molecular formula is C6H11OS. The molecule has 1 aliphatic heterocycles. The van der Waals surface area contributed by atoms with Gasteiger partial charge in [0.25, 0.3) is 0 Å². The van der Waals surface area contributed by atoms with E-state index in [0.29, 0.717) is 4.75 Å². The molecule has 8 heavy (non-hydrogen) atoms. The van der Waals surface area contributed by atoms with Crippen LogP contribution in [0.5, 0.6) is 0 Å². The van der Waals surface area contributed by atoms with Crippen molar-refractivity contribution in [1.29, 1.82) is 0 Å².